The monoisotopic (exact) mass is 300 g/mol. The van der Waals surface area contributed by atoms with Gasteiger partial charge < -0.3 is 9.84 Å². The van der Waals surface area contributed by atoms with Gasteiger partial charge in [0, 0.05) is 0 Å². The van der Waals surface area contributed by atoms with E-state index in [1.807, 2.05) is 6.92 Å². The minimum absolute atomic E-state index is 0.0138. The van der Waals surface area contributed by atoms with Gasteiger partial charge in [-0.05, 0) is 51.9 Å². The molecule has 0 saturated carbocycles. The van der Waals surface area contributed by atoms with Crippen molar-refractivity contribution in [2.24, 2.45) is 16.2 Å². The molecular formula is C18H36O3. The van der Waals surface area contributed by atoms with Crippen molar-refractivity contribution in [3.8, 4) is 0 Å². The van der Waals surface area contributed by atoms with Crippen molar-refractivity contribution in [3.05, 3.63) is 0 Å². The molecule has 3 nitrogen and oxygen atoms in total. The van der Waals surface area contributed by atoms with Crippen LogP contribution in [0.25, 0.3) is 0 Å². The summed E-state index contributed by atoms with van der Waals surface area (Å²) in [6.07, 6.45) is 0.726. The first-order valence-corrected chi connectivity index (χ1v) is 7.79. The largest absolute Gasteiger partial charge is 0.456 e. The van der Waals surface area contributed by atoms with Gasteiger partial charge in [-0.3, -0.25) is 4.79 Å². The van der Waals surface area contributed by atoms with Crippen LogP contribution in [0.4, 0.5) is 0 Å². The van der Waals surface area contributed by atoms with Crippen molar-refractivity contribution in [2.45, 2.75) is 93.8 Å². The smallest absolute Gasteiger partial charge is 0.312 e. The summed E-state index contributed by atoms with van der Waals surface area (Å²) < 4.78 is 5.75. The first-order valence-electron chi connectivity index (χ1n) is 7.79. The van der Waals surface area contributed by atoms with Crippen LogP contribution in [0.2, 0.25) is 0 Å². The molecule has 0 aliphatic carbocycles. The second-order valence-corrected chi connectivity index (χ2v) is 9.78. The molecule has 0 aromatic rings. The summed E-state index contributed by atoms with van der Waals surface area (Å²) in [7, 11) is 0. The van der Waals surface area contributed by atoms with Gasteiger partial charge in [-0.15, -0.1) is 0 Å². The highest BCUT2D eigenvalue weighted by molar-refractivity contribution is 5.78. The molecule has 126 valence electrons. The number of carbonyl (C=O) groups excluding carboxylic acids is 1. The first-order chi connectivity index (χ1) is 8.83. The van der Waals surface area contributed by atoms with Gasteiger partial charge in [-0.25, -0.2) is 0 Å². The molecule has 1 unspecified atom stereocenters. The lowest BCUT2D eigenvalue weighted by molar-refractivity contribution is -0.199. The van der Waals surface area contributed by atoms with Crippen molar-refractivity contribution in [1.82, 2.24) is 0 Å². The highest BCUT2D eigenvalue weighted by Gasteiger charge is 2.50. The molecule has 0 saturated heterocycles. The molecule has 21 heavy (non-hydrogen) atoms. The zero-order valence-electron chi connectivity index (χ0n) is 16.0. The summed E-state index contributed by atoms with van der Waals surface area (Å²) in [6.45, 7) is 21.4. The summed E-state index contributed by atoms with van der Waals surface area (Å²) in [5.74, 6) is -0.239. The van der Waals surface area contributed by atoms with Crippen molar-refractivity contribution in [1.29, 1.82) is 0 Å². The van der Waals surface area contributed by atoms with Crippen molar-refractivity contribution in [2.75, 3.05) is 0 Å². The summed E-state index contributed by atoms with van der Waals surface area (Å²) in [5.41, 5.74) is -2.86. The number of esters is 1. The van der Waals surface area contributed by atoms with Gasteiger partial charge in [0.2, 0.25) is 0 Å². The van der Waals surface area contributed by atoms with Gasteiger partial charge >= 0.3 is 5.97 Å². The predicted octanol–water partition coefficient (Wildman–Crippen LogP) is 4.57. The Labute approximate surface area is 131 Å². The molecule has 0 aromatic carbocycles. The van der Waals surface area contributed by atoms with Crippen LogP contribution >= 0.6 is 0 Å². The number of ether oxygens (including phenoxy) is 1. The summed E-state index contributed by atoms with van der Waals surface area (Å²) in [4.78, 5) is 12.9. The van der Waals surface area contributed by atoms with Crippen LogP contribution in [-0.4, -0.2) is 22.3 Å². The van der Waals surface area contributed by atoms with E-state index in [0.29, 0.717) is 0 Å². The van der Waals surface area contributed by atoms with E-state index in [0.717, 1.165) is 6.42 Å². The minimum atomic E-state index is -1.09. The van der Waals surface area contributed by atoms with E-state index in [1.54, 1.807) is 27.7 Å². The van der Waals surface area contributed by atoms with E-state index in [2.05, 4.69) is 41.5 Å². The van der Waals surface area contributed by atoms with Crippen LogP contribution < -0.4 is 0 Å². The summed E-state index contributed by atoms with van der Waals surface area (Å²) in [5, 5.41) is 10.2. The fraction of sp³-hybridized carbons (Fsp3) is 0.944. The van der Waals surface area contributed by atoms with Gasteiger partial charge in [0.25, 0.3) is 0 Å². The Bertz CT molecular complexity index is 375. The van der Waals surface area contributed by atoms with E-state index in [1.165, 1.54) is 0 Å². The van der Waals surface area contributed by atoms with E-state index in [4.69, 9.17) is 4.74 Å². The number of carbonyl (C=O) groups is 1. The molecule has 0 spiro atoms. The molecule has 0 aliphatic rings. The normalized spacial score (nSPS) is 17.3. The lowest BCUT2D eigenvalue weighted by Crippen LogP contribution is -2.53. The molecule has 1 N–H and O–H groups in total. The minimum Gasteiger partial charge on any atom is -0.456 e. The van der Waals surface area contributed by atoms with Crippen LogP contribution in [-0.2, 0) is 9.53 Å². The van der Waals surface area contributed by atoms with Crippen LogP contribution in [0.15, 0.2) is 0 Å². The fourth-order valence-corrected chi connectivity index (χ4v) is 2.17. The van der Waals surface area contributed by atoms with Crippen molar-refractivity contribution < 1.29 is 14.6 Å². The van der Waals surface area contributed by atoms with Crippen LogP contribution in [0.1, 0.15) is 82.6 Å². The fourth-order valence-electron chi connectivity index (χ4n) is 2.17. The molecule has 0 amide bonds. The van der Waals surface area contributed by atoms with Gasteiger partial charge in [-0.2, -0.15) is 0 Å². The quantitative estimate of drug-likeness (QED) is 0.774. The molecule has 1 atom stereocenters. The first kappa shape index (κ1) is 20.4. The van der Waals surface area contributed by atoms with Gasteiger partial charge in [0.1, 0.15) is 5.60 Å². The average Bonchev–Trinajstić information content (AvgIpc) is 2.09. The molecule has 0 fully saturated rings. The van der Waals surface area contributed by atoms with E-state index < -0.39 is 16.6 Å². The molecule has 0 aromatic heterocycles. The lowest BCUT2D eigenvalue weighted by Gasteiger charge is -2.46. The Morgan fingerprint density at radius 1 is 0.857 bits per heavy atom. The number of rotatable bonds is 4. The van der Waals surface area contributed by atoms with Gasteiger partial charge in [0.05, 0.1) is 11.0 Å². The van der Waals surface area contributed by atoms with Crippen molar-refractivity contribution >= 4 is 5.97 Å². The maximum absolute atomic E-state index is 12.9. The van der Waals surface area contributed by atoms with E-state index >= 15 is 0 Å². The Hall–Kier alpha value is -0.570. The number of aliphatic hydroxyl groups is 1. The third-order valence-electron chi connectivity index (χ3n) is 4.81. The molecule has 3 heteroatoms. The zero-order valence-corrected chi connectivity index (χ0v) is 16.0. The van der Waals surface area contributed by atoms with Crippen molar-refractivity contribution in [3.63, 3.8) is 0 Å². The number of hydrogen-bond acceptors (Lipinski definition) is 3. The second-order valence-electron chi connectivity index (χ2n) is 9.78. The standard InChI is InChI=1S/C18H36O3/c1-14(2,3)12-18(11,15(4,5)6)13(19)21-17(9,10)16(7,8)20/h20H,12H2,1-11H3. The highest BCUT2D eigenvalue weighted by Crippen LogP contribution is 2.48. The third kappa shape index (κ3) is 4.98. The zero-order chi connectivity index (χ0) is 17.5. The topological polar surface area (TPSA) is 46.5 Å². The maximum Gasteiger partial charge on any atom is 0.312 e. The third-order valence-corrected chi connectivity index (χ3v) is 4.81. The van der Waals surface area contributed by atoms with Gasteiger partial charge in [0.15, 0.2) is 0 Å². The molecule has 0 aliphatic heterocycles. The Morgan fingerprint density at radius 3 is 1.48 bits per heavy atom. The second kappa shape index (κ2) is 5.57. The summed E-state index contributed by atoms with van der Waals surface area (Å²) >= 11 is 0. The molecule has 0 heterocycles. The van der Waals surface area contributed by atoms with Crippen LogP contribution in [0.5, 0.6) is 0 Å². The van der Waals surface area contributed by atoms with Gasteiger partial charge in [-0.1, -0.05) is 41.5 Å². The molecule has 0 rings (SSSR count). The number of hydrogen-bond donors (Lipinski definition) is 1. The van der Waals surface area contributed by atoms with E-state index in [9.17, 15) is 9.90 Å². The SMILES string of the molecule is CC(C)(C)CC(C)(C(=O)OC(C)(C)C(C)(C)O)C(C)(C)C. The lowest BCUT2D eigenvalue weighted by atomic mass is 9.61. The Kier molecular flexibility index (Phi) is 5.42. The highest BCUT2D eigenvalue weighted by atomic mass is 16.6. The van der Waals surface area contributed by atoms with E-state index in [-0.39, 0.29) is 16.8 Å². The van der Waals surface area contributed by atoms with Crippen LogP contribution in [0, 0.1) is 16.2 Å². The Morgan fingerprint density at radius 2 is 1.24 bits per heavy atom. The Balaban J connectivity index is 5.55. The molecule has 0 bridgehead atoms. The summed E-state index contributed by atoms with van der Waals surface area (Å²) in [6, 6.07) is 0. The molecule has 0 radical (unpaired) electrons. The predicted molar refractivity (Wildman–Crippen MR) is 88.1 cm³/mol. The van der Waals surface area contributed by atoms with Crippen LogP contribution in [0.3, 0.4) is 0 Å². The maximum atomic E-state index is 12.9. The molecular weight excluding hydrogens is 264 g/mol. The average molecular weight is 300 g/mol.